The molecule has 4 nitrogen and oxygen atoms in total. The molecule has 33 heavy (non-hydrogen) atoms. The number of hydrogen-bond donors (Lipinski definition) is 1. The van der Waals surface area contributed by atoms with Crippen molar-refractivity contribution in [3.05, 3.63) is 0 Å². The lowest BCUT2D eigenvalue weighted by Crippen LogP contribution is -2.27. The van der Waals surface area contributed by atoms with Crippen molar-refractivity contribution in [3.8, 4) is 0 Å². The van der Waals surface area contributed by atoms with Gasteiger partial charge in [-0.1, -0.05) is 142 Å². The standard InChI is InChI=1S/C29H58O4/c1-3-5-6-7-8-9-10-11-12-13-14-15-16-17-18-19-20-21-22-23-24-25-32-27-28(26-30)33-29(31)4-2/h28,30H,3-27H2,1-2H3. The fourth-order valence-corrected chi connectivity index (χ4v) is 4.24. The highest BCUT2D eigenvalue weighted by Gasteiger charge is 2.12. The number of aliphatic hydroxyl groups is 1. The van der Waals surface area contributed by atoms with Crippen LogP contribution < -0.4 is 0 Å². The highest BCUT2D eigenvalue weighted by Crippen LogP contribution is 2.15. The summed E-state index contributed by atoms with van der Waals surface area (Å²) in [4.78, 5) is 11.2. The van der Waals surface area contributed by atoms with Crippen molar-refractivity contribution >= 4 is 5.97 Å². The Hall–Kier alpha value is -0.610. The number of unbranched alkanes of at least 4 members (excludes halogenated alkanes) is 20. The molecule has 1 unspecified atom stereocenters. The second kappa shape index (κ2) is 27.6. The molecule has 0 spiro atoms. The van der Waals surface area contributed by atoms with Gasteiger partial charge >= 0.3 is 5.97 Å². The topological polar surface area (TPSA) is 55.8 Å². The van der Waals surface area contributed by atoms with Crippen LogP contribution >= 0.6 is 0 Å². The third kappa shape index (κ3) is 25.8. The largest absolute Gasteiger partial charge is 0.457 e. The number of ether oxygens (including phenoxy) is 2. The van der Waals surface area contributed by atoms with Gasteiger partial charge < -0.3 is 14.6 Å². The minimum Gasteiger partial charge on any atom is -0.457 e. The van der Waals surface area contributed by atoms with Crippen LogP contribution in [0.2, 0.25) is 0 Å². The Balaban J connectivity index is 3.15. The van der Waals surface area contributed by atoms with Crippen LogP contribution in [-0.4, -0.2) is 37.0 Å². The zero-order valence-corrected chi connectivity index (χ0v) is 22.4. The van der Waals surface area contributed by atoms with Crippen molar-refractivity contribution in [2.24, 2.45) is 0 Å². The highest BCUT2D eigenvalue weighted by atomic mass is 16.6. The van der Waals surface area contributed by atoms with Gasteiger partial charge in [0.15, 0.2) is 0 Å². The maximum Gasteiger partial charge on any atom is 0.305 e. The molecule has 0 rings (SSSR count). The van der Waals surface area contributed by atoms with Crippen LogP contribution in [0.1, 0.15) is 155 Å². The molecule has 0 aromatic rings. The third-order valence-corrected chi connectivity index (χ3v) is 6.49. The number of aliphatic hydroxyl groups excluding tert-OH is 1. The lowest BCUT2D eigenvalue weighted by Gasteiger charge is -2.15. The second-order valence-electron chi connectivity index (χ2n) is 9.79. The summed E-state index contributed by atoms with van der Waals surface area (Å²) in [5, 5.41) is 9.19. The van der Waals surface area contributed by atoms with Crippen molar-refractivity contribution < 1.29 is 19.4 Å². The Morgan fingerprint density at radius 1 is 0.606 bits per heavy atom. The maximum atomic E-state index is 11.2. The van der Waals surface area contributed by atoms with E-state index in [2.05, 4.69) is 6.92 Å². The quantitative estimate of drug-likeness (QED) is 0.0965. The van der Waals surface area contributed by atoms with Crippen LogP contribution in [0.4, 0.5) is 0 Å². The fourth-order valence-electron chi connectivity index (χ4n) is 4.24. The molecule has 0 aliphatic carbocycles. The molecular formula is C29H58O4. The summed E-state index contributed by atoms with van der Waals surface area (Å²) in [5.41, 5.74) is 0. The number of rotatable bonds is 27. The van der Waals surface area contributed by atoms with E-state index in [0.29, 0.717) is 19.6 Å². The van der Waals surface area contributed by atoms with Gasteiger partial charge in [-0.15, -0.1) is 0 Å². The molecule has 198 valence electrons. The summed E-state index contributed by atoms with van der Waals surface area (Å²) in [6, 6.07) is 0. The summed E-state index contributed by atoms with van der Waals surface area (Å²) in [6.45, 7) is 4.83. The van der Waals surface area contributed by atoms with Gasteiger partial charge in [-0.3, -0.25) is 4.79 Å². The molecule has 0 amide bonds. The van der Waals surface area contributed by atoms with E-state index in [-0.39, 0.29) is 12.6 Å². The van der Waals surface area contributed by atoms with E-state index < -0.39 is 6.10 Å². The first kappa shape index (κ1) is 32.4. The molecule has 0 fully saturated rings. The zero-order chi connectivity index (χ0) is 24.2. The molecule has 0 saturated heterocycles. The summed E-state index contributed by atoms with van der Waals surface area (Å²) >= 11 is 0. The number of carbonyl (C=O) groups is 1. The van der Waals surface area contributed by atoms with Crippen LogP contribution in [0.15, 0.2) is 0 Å². The van der Waals surface area contributed by atoms with E-state index >= 15 is 0 Å². The number of esters is 1. The average molecular weight is 471 g/mol. The molecule has 1 atom stereocenters. The number of carbonyl (C=O) groups excluding carboxylic acids is 1. The fraction of sp³-hybridized carbons (Fsp3) is 0.966. The SMILES string of the molecule is CCCCCCCCCCCCCCCCCCCCCCCOCC(CO)OC(=O)CC. The molecule has 1 N–H and O–H groups in total. The van der Waals surface area contributed by atoms with Crippen molar-refractivity contribution in [2.75, 3.05) is 19.8 Å². The van der Waals surface area contributed by atoms with Crippen LogP contribution in [0.5, 0.6) is 0 Å². The van der Waals surface area contributed by atoms with E-state index in [4.69, 9.17) is 9.47 Å². The maximum absolute atomic E-state index is 11.2. The smallest absolute Gasteiger partial charge is 0.305 e. The first-order valence-corrected chi connectivity index (χ1v) is 14.6. The lowest BCUT2D eigenvalue weighted by atomic mass is 10.0. The highest BCUT2D eigenvalue weighted by molar-refractivity contribution is 5.69. The number of hydrogen-bond acceptors (Lipinski definition) is 4. The molecular weight excluding hydrogens is 412 g/mol. The van der Waals surface area contributed by atoms with Crippen molar-refractivity contribution in [1.82, 2.24) is 0 Å². The molecule has 0 aliphatic heterocycles. The molecule has 0 radical (unpaired) electrons. The van der Waals surface area contributed by atoms with E-state index in [1.165, 1.54) is 128 Å². The average Bonchev–Trinajstić information content (AvgIpc) is 2.83. The van der Waals surface area contributed by atoms with Crippen molar-refractivity contribution in [1.29, 1.82) is 0 Å². The predicted molar refractivity (Wildman–Crippen MR) is 141 cm³/mol. The van der Waals surface area contributed by atoms with Gasteiger partial charge in [-0.2, -0.15) is 0 Å². The first-order chi connectivity index (χ1) is 16.2. The summed E-state index contributed by atoms with van der Waals surface area (Å²) in [5.74, 6) is -0.285. The van der Waals surface area contributed by atoms with Gasteiger partial charge in [0.25, 0.3) is 0 Å². The van der Waals surface area contributed by atoms with Gasteiger partial charge in [-0.25, -0.2) is 0 Å². The summed E-state index contributed by atoms with van der Waals surface area (Å²) in [7, 11) is 0. The second-order valence-corrected chi connectivity index (χ2v) is 9.79. The minimum atomic E-state index is -0.521. The normalized spacial score (nSPS) is 12.2. The predicted octanol–water partition coefficient (Wildman–Crippen LogP) is 8.53. The van der Waals surface area contributed by atoms with Crippen molar-refractivity contribution in [2.45, 2.75) is 161 Å². The van der Waals surface area contributed by atoms with Crippen molar-refractivity contribution in [3.63, 3.8) is 0 Å². The molecule has 0 heterocycles. The Kier molecular flexibility index (Phi) is 27.1. The molecule has 0 saturated carbocycles. The van der Waals surface area contributed by atoms with Crippen LogP contribution in [0.25, 0.3) is 0 Å². The Morgan fingerprint density at radius 3 is 1.30 bits per heavy atom. The molecule has 0 aromatic heterocycles. The molecule has 0 aliphatic rings. The van der Waals surface area contributed by atoms with E-state index in [9.17, 15) is 9.90 Å². The van der Waals surface area contributed by atoms with Gasteiger partial charge in [0.1, 0.15) is 6.10 Å². The van der Waals surface area contributed by atoms with Gasteiger partial charge in [0, 0.05) is 13.0 Å². The van der Waals surface area contributed by atoms with Gasteiger partial charge in [-0.05, 0) is 6.42 Å². The van der Waals surface area contributed by atoms with E-state index in [1.54, 1.807) is 6.92 Å². The lowest BCUT2D eigenvalue weighted by molar-refractivity contribution is -0.154. The van der Waals surface area contributed by atoms with Crippen LogP contribution in [0, 0.1) is 0 Å². The van der Waals surface area contributed by atoms with Crippen LogP contribution in [0.3, 0.4) is 0 Å². The third-order valence-electron chi connectivity index (χ3n) is 6.49. The monoisotopic (exact) mass is 470 g/mol. The minimum absolute atomic E-state index is 0.176. The molecule has 0 aromatic carbocycles. The summed E-state index contributed by atoms with van der Waals surface area (Å²) in [6.07, 6.45) is 28.9. The van der Waals surface area contributed by atoms with Gasteiger partial charge in [0.2, 0.25) is 0 Å². The summed E-state index contributed by atoms with van der Waals surface area (Å²) < 4.78 is 10.6. The Labute approximate surface area is 206 Å². The first-order valence-electron chi connectivity index (χ1n) is 14.6. The Morgan fingerprint density at radius 2 is 0.970 bits per heavy atom. The van der Waals surface area contributed by atoms with Gasteiger partial charge in [0.05, 0.1) is 13.2 Å². The molecule has 0 bridgehead atoms. The van der Waals surface area contributed by atoms with E-state index in [1.807, 2.05) is 0 Å². The van der Waals surface area contributed by atoms with E-state index in [0.717, 1.165) is 6.42 Å². The Bertz CT molecular complexity index is 386. The zero-order valence-electron chi connectivity index (χ0n) is 22.4. The molecule has 4 heteroatoms. The van der Waals surface area contributed by atoms with Crippen LogP contribution in [-0.2, 0) is 14.3 Å².